The molecule has 6 nitrogen and oxygen atoms in total. The van der Waals surface area contributed by atoms with E-state index < -0.39 is 0 Å². The summed E-state index contributed by atoms with van der Waals surface area (Å²) < 4.78 is 1.81. The van der Waals surface area contributed by atoms with E-state index in [1.807, 2.05) is 61.2 Å². The summed E-state index contributed by atoms with van der Waals surface area (Å²) in [5.41, 5.74) is 3.89. The van der Waals surface area contributed by atoms with Crippen LogP contribution in [0.3, 0.4) is 0 Å². The predicted molar refractivity (Wildman–Crippen MR) is 113 cm³/mol. The van der Waals surface area contributed by atoms with E-state index in [4.69, 9.17) is 0 Å². The monoisotopic (exact) mass is 390 g/mol. The quantitative estimate of drug-likeness (QED) is 0.737. The number of amides is 2. The van der Waals surface area contributed by atoms with Crippen molar-refractivity contribution < 1.29 is 9.59 Å². The molecule has 3 aromatic rings. The van der Waals surface area contributed by atoms with E-state index in [1.165, 1.54) is 6.42 Å². The zero-order valence-corrected chi connectivity index (χ0v) is 16.9. The number of carbonyl (C=O) groups excluding carboxylic acids is 2. The predicted octanol–water partition coefficient (Wildman–Crippen LogP) is 3.77. The fraction of sp³-hybridized carbons (Fsp3) is 0.348. The van der Waals surface area contributed by atoms with E-state index >= 15 is 0 Å². The molecule has 0 atom stereocenters. The maximum Gasteiger partial charge on any atom is 0.257 e. The first-order valence-electron chi connectivity index (χ1n) is 10.2. The average molecular weight is 390 g/mol. The van der Waals surface area contributed by atoms with Crippen LogP contribution in [0.25, 0.3) is 16.8 Å². The fourth-order valence-corrected chi connectivity index (χ4v) is 3.80. The SMILES string of the molecule is CC(C)NC(=O)c1ccc(-c2cccc3c(C(=O)N4CCCCC4)cnn23)cc1. The largest absolute Gasteiger partial charge is 0.350 e. The Bertz CT molecular complexity index is 1030. The first-order valence-corrected chi connectivity index (χ1v) is 10.2. The number of piperidine rings is 1. The summed E-state index contributed by atoms with van der Waals surface area (Å²) in [6.45, 7) is 5.51. The van der Waals surface area contributed by atoms with E-state index in [9.17, 15) is 9.59 Å². The Morgan fingerprint density at radius 3 is 2.41 bits per heavy atom. The van der Waals surface area contributed by atoms with Crippen LogP contribution in [0.1, 0.15) is 53.8 Å². The van der Waals surface area contributed by atoms with Gasteiger partial charge >= 0.3 is 0 Å². The summed E-state index contributed by atoms with van der Waals surface area (Å²) in [6.07, 6.45) is 4.98. The third kappa shape index (κ3) is 3.88. The lowest BCUT2D eigenvalue weighted by atomic mass is 10.1. The van der Waals surface area contributed by atoms with E-state index in [0.717, 1.165) is 42.7 Å². The maximum atomic E-state index is 13.0. The number of benzene rings is 1. The molecule has 0 saturated carbocycles. The molecule has 1 saturated heterocycles. The Balaban J connectivity index is 1.64. The summed E-state index contributed by atoms with van der Waals surface area (Å²) in [5.74, 6) is -0.0317. The van der Waals surface area contributed by atoms with Gasteiger partial charge in [-0.2, -0.15) is 5.10 Å². The number of carbonyl (C=O) groups is 2. The van der Waals surface area contributed by atoms with Crippen LogP contribution in [0.2, 0.25) is 0 Å². The second-order valence-corrected chi connectivity index (χ2v) is 7.82. The van der Waals surface area contributed by atoms with E-state index in [-0.39, 0.29) is 17.9 Å². The lowest BCUT2D eigenvalue weighted by Crippen LogP contribution is -2.35. The van der Waals surface area contributed by atoms with Crippen LogP contribution in [0, 0.1) is 0 Å². The summed E-state index contributed by atoms with van der Waals surface area (Å²) in [6, 6.07) is 13.4. The van der Waals surface area contributed by atoms with Crippen molar-refractivity contribution in [1.82, 2.24) is 19.8 Å². The Morgan fingerprint density at radius 1 is 1.00 bits per heavy atom. The number of fused-ring (bicyclic) bond motifs is 1. The molecule has 3 heterocycles. The van der Waals surface area contributed by atoms with Gasteiger partial charge in [0, 0.05) is 30.3 Å². The smallest absolute Gasteiger partial charge is 0.257 e. The molecule has 0 unspecified atom stereocenters. The highest BCUT2D eigenvalue weighted by atomic mass is 16.2. The zero-order chi connectivity index (χ0) is 20.4. The van der Waals surface area contributed by atoms with Crippen molar-refractivity contribution in [3.63, 3.8) is 0 Å². The molecule has 2 aromatic heterocycles. The highest BCUT2D eigenvalue weighted by Crippen LogP contribution is 2.24. The van der Waals surface area contributed by atoms with Gasteiger partial charge in [0.1, 0.15) is 0 Å². The number of hydrogen-bond acceptors (Lipinski definition) is 3. The number of pyridine rings is 1. The summed E-state index contributed by atoms with van der Waals surface area (Å²) in [7, 11) is 0. The summed E-state index contributed by atoms with van der Waals surface area (Å²) >= 11 is 0. The van der Waals surface area contributed by atoms with Crippen LogP contribution < -0.4 is 5.32 Å². The number of nitrogens with one attached hydrogen (secondary N) is 1. The molecule has 0 radical (unpaired) electrons. The third-order valence-electron chi connectivity index (χ3n) is 5.28. The van der Waals surface area contributed by atoms with E-state index in [2.05, 4.69) is 10.4 Å². The second kappa shape index (κ2) is 8.07. The number of hydrogen-bond donors (Lipinski definition) is 1. The molecule has 0 aliphatic carbocycles. The number of rotatable bonds is 4. The molecular formula is C23H26N4O2. The topological polar surface area (TPSA) is 66.7 Å². The molecule has 2 amide bonds. The summed E-state index contributed by atoms with van der Waals surface area (Å²) in [4.78, 5) is 27.1. The molecule has 1 aliphatic rings. The molecule has 0 spiro atoms. The van der Waals surface area contributed by atoms with Crippen LogP contribution in [0.5, 0.6) is 0 Å². The van der Waals surface area contributed by atoms with Crippen LogP contribution in [0.15, 0.2) is 48.7 Å². The molecule has 29 heavy (non-hydrogen) atoms. The van der Waals surface area contributed by atoms with Gasteiger partial charge in [-0.05, 0) is 57.4 Å². The van der Waals surface area contributed by atoms with Gasteiger partial charge in [0.15, 0.2) is 0 Å². The van der Waals surface area contributed by atoms with Crippen LogP contribution in [-0.2, 0) is 0 Å². The van der Waals surface area contributed by atoms with Crippen molar-refractivity contribution in [3.05, 3.63) is 59.8 Å². The minimum absolute atomic E-state index is 0.0533. The lowest BCUT2D eigenvalue weighted by molar-refractivity contribution is 0.0726. The number of nitrogens with zero attached hydrogens (tertiary/aromatic N) is 3. The molecular weight excluding hydrogens is 364 g/mol. The van der Waals surface area contributed by atoms with Crippen molar-refractivity contribution in [1.29, 1.82) is 0 Å². The van der Waals surface area contributed by atoms with Gasteiger partial charge in [0.2, 0.25) is 0 Å². The van der Waals surface area contributed by atoms with Gasteiger partial charge < -0.3 is 10.2 Å². The van der Waals surface area contributed by atoms with Crippen LogP contribution in [0.4, 0.5) is 0 Å². The zero-order valence-electron chi connectivity index (χ0n) is 16.9. The Labute approximate surface area is 170 Å². The molecule has 1 aliphatic heterocycles. The minimum atomic E-state index is -0.0849. The van der Waals surface area contributed by atoms with Gasteiger partial charge in [-0.3, -0.25) is 9.59 Å². The molecule has 0 bridgehead atoms. The van der Waals surface area contributed by atoms with Gasteiger partial charge in [0.05, 0.1) is 23.0 Å². The Kier molecular flexibility index (Phi) is 5.34. The average Bonchev–Trinajstić information content (AvgIpc) is 3.18. The van der Waals surface area contributed by atoms with Crippen LogP contribution in [-0.4, -0.2) is 45.5 Å². The Morgan fingerprint density at radius 2 is 1.72 bits per heavy atom. The number of aromatic nitrogens is 2. The van der Waals surface area contributed by atoms with Crippen molar-refractivity contribution in [3.8, 4) is 11.3 Å². The van der Waals surface area contributed by atoms with Gasteiger partial charge in [-0.25, -0.2) is 4.52 Å². The van der Waals surface area contributed by atoms with Crippen molar-refractivity contribution in [2.75, 3.05) is 13.1 Å². The maximum absolute atomic E-state index is 13.0. The van der Waals surface area contributed by atoms with Gasteiger partial charge in [-0.15, -0.1) is 0 Å². The molecule has 1 aromatic carbocycles. The molecule has 6 heteroatoms. The van der Waals surface area contributed by atoms with Gasteiger partial charge in [0.25, 0.3) is 11.8 Å². The van der Waals surface area contributed by atoms with E-state index in [0.29, 0.717) is 11.1 Å². The fourth-order valence-electron chi connectivity index (χ4n) is 3.80. The normalized spacial score (nSPS) is 14.4. The molecule has 1 fully saturated rings. The first kappa shape index (κ1) is 19.2. The van der Waals surface area contributed by atoms with E-state index in [1.54, 1.807) is 10.7 Å². The molecule has 4 rings (SSSR count). The van der Waals surface area contributed by atoms with Crippen molar-refractivity contribution >= 4 is 17.3 Å². The third-order valence-corrected chi connectivity index (χ3v) is 5.28. The first-order chi connectivity index (χ1) is 14.0. The van der Waals surface area contributed by atoms with Gasteiger partial charge in [-0.1, -0.05) is 18.2 Å². The highest BCUT2D eigenvalue weighted by Gasteiger charge is 2.22. The molecule has 150 valence electrons. The summed E-state index contributed by atoms with van der Waals surface area (Å²) in [5, 5.41) is 7.39. The van der Waals surface area contributed by atoms with Crippen LogP contribution >= 0.6 is 0 Å². The number of likely N-dealkylation sites (tertiary alicyclic amines) is 1. The lowest BCUT2D eigenvalue weighted by Gasteiger charge is -2.26. The molecule has 1 N–H and O–H groups in total. The highest BCUT2D eigenvalue weighted by molar-refractivity contribution is 6.01. The second-order valence-electron chi connectivity index (χ2n) is 7.82. The van der Waals surface area contributed by atoms with Crippen molar-refractivity contribution in [2.45, 2.75) is 39.2 Å². The van der Waals surface area contributed by atoms with Crippen molar-refractivity contribution in [2.24, 2.45) is 0 Å². The standard InChI is InChI=1S/C23H26N4O2/c1-16(2)25-22(28)18-11-9-17(10-12-18)20-7-6-8-21-19(15-24-27(20)21)23(29)26-13-4-3-5-14-26/h6-12,15-16H,3-5,13-14H2,1-2H3,(H,25,28). The Hall–Kier alpha value is -3.15. The minimum Gasteiger partial charge on any atom is -0.350 e.